The fourth-order valence-electron chi connectivity index (χ4n) is 2.34. The summed E-state index contributed by atoms with van der Waals surface area (Å²) in [4.78, 5) is -0.721. The largest absolute Gasteiger partial charge is 0.417 e. The van der Waals surface area contributed by atoms with Gasteiger partial charge >= 0.3 is 6.18 Å². The maximum atomic E-state index is 12.9. The lowest BCUT2D eigenvalue weighted by atomic mass is 10.0. The third-order valence-corrected chi connectivity index (χ3v) is 4.92. The van der Waals surface area contributed by atoms with Gasteiger partial charge in [-0.15, -0.1) is 0 Å². The van der Waals surface area contributed by atoms with Gasteiger partial charge in [-0.25, -0.2) is 13.1 Å². The van der Waals surface area contributed by atoms with E-state index in [1.807, 2.05) is 0 Å². The summed E-state index contributed by atoms with van der Waals surface area (Å²) in [6.07, 6.45) is -2.90. The van der Waals surface area contributed by atoms with Crippen LogP contribution in [-0.2, 0) is 16.2 Å². The van der Waals surface area contributed by atoms with E-state index in [0.29, 0.717) is 6.54 Å². The zero-order valence-corrected chi connectivity index (χ0v) is 12.1. The van der Waals surface area contributed by atoms with Crippen LogP contribution in [0.5, 0.6) is 0 Å². The zero-order valence-electron chi connectivity index (χ0n) is 11.3. The van der Waals surface area contributed by atoms with Gasteiger partial charge in [0.25, 0.3) is 0 Å². The molecule has 0 aromatic heterocycles. The molecule has 2 N–H and O–H groups in total. The lowest BCUT2D eigenvalue weighted by Crippen LogP contribution is -2.38. The van der Waals surface area contributed by atoms with Crippen molar-refractivity contribution in [1.82, 2.24) is 10.0 Å². The SMILES string of the molecule is O=S(=O)(NCC1CCCNC1)c1ccccc1C(F)(F)F. The maximum absolute atomic E-state index is 12.9. The minimum Gasteiger partial charge on any atom is -0.316 e. The van der Waals surface area contributed by atoms with Crippen LogP contribution in [0.1, 0.15) is 18.4 Å². The van der Waals surface area contributed by atoms with Crippen LogP contribution < -0.4 is 10.0 Å². The Hall–Kier alpha value is -1.12. The smallest absolute Gasteiger partial charge is 0.316 e. The average molecular weight is 322 g/mol. The second-order valence-electron chi connectivity index (χ2n) is 5.06. The number of hydrogen-bond donors (Lipinski definition) is 2. The Balaban J connectivity index is 2.16. The average Bonchev–Trinajstić information content (AvgIpc) is 2.45. The van der Waals surface area contributed by atoms with Gasteiger partial charge < -0.3 is 5.32 Å². The molecule has 8 heteroatoms. The van der Waals surface area contributed by atoms with Crippen LogP contribution in [0.4, 0.5) is 13.2 Å². The van der Waals surface area contributed by atoms with E-state index in [1.54, 1.807) is 0 Å². The van der Waals surface area contributed by atoms with Crippen LogP contribution in [0.15, 0.2) is 29.2 Å². The molecule has 2 rings (SSSR count). The highest BCUT2D eigenvalue weighted by Crippen LogP contribution is 2.33. The second kappa shape index (κ2) is 6.33. The summed E-state index contributed by atoms with van der Waals surface area (Å²) in [7, 11) is -4.17. The van der Waals surface area contributed by atoms with Crippen LogP contribution in [0.3, 0.4) is 0 Å². The quantitative estimate of drug-likeness (QED) is 0.891. The molecule has 1 fully saturated rings. The first-order valence-corrected chi connectivity index (χ1v) is 8.15. The number of halogens is 3. The van der Waals surface area contributed by atoms with Gasteiger partial charge in [-0.2, -0.15) is 13.2 Å². The fourth-order valence-corrected chi connectivity index (χ4v) is 3.68. The first-order chi connectivity index (χ1) is 9.81. The molecule has 118 valence electrons. The van der Waals surface area contributed by atoms with Gasteiger partial charge in [0.15, 0.2) is 0 Å². The number of benzene rings is 1. The third kappa shape index (κ3) is 4.18. The van der Waals surface area contributed by atoms with Crippen LogP contribution >= 0.6 is 0 Å². The highest BCUT2D eigenvalue weighted by Gasteiger charge is 2.36. The summed E-state index contributed by atoms with van der Waals surface area (Å²) in [6.45, 7) is 1.70. The topological polar surface area (TPSA) is 58.2 Å². The van der Waals surface area contributed by atoms with E-state index in [1.165, 1.54) is 12.1 Å². The molecule has 1 aromatic rings. The van der Waals surface area contributed by atoms with Gasteiger partial charge in [0.2, 0.25) is 10.0 Å². The first-order valence-electron chi connectivity index (χ1n) is 6.67. The molecular weight excluding hydrogens is 305 g/mol. The number of rotatable bonds is 4. The lowest BCUT2D eigenvalue weighted by molar-refractivity contribution is -0.139. The highest BCUT2D eigenvalue weighted by atomic mass is 32.2. The van der Waals surface area contributed by atoms with E-state index in [4.69, 9.17) is 0 Å². The fraction of sp³-hybridized carbons (Fsp3) is 0.538. The number of alkyl halides is 3. The molecule has 0 bridgehead atoms. The first kappa shape index (κ1) is 16.3. The molecule has 1 aromatic carbocycles. The van der Waals surface area contributed by atoms with Crippen LogP contribution in [0, 0.1) is 5.92 Å². The Kier molecular flexibility index (Phi) is 4.90. The Bertz CT molecular complexity index is 581. The Morgan fingerprint density at radius 1 is 1.29 bits per heavy atom. The van der Waals surface area contributed by atoms with Crippen molar-refractivity contribution in [1.29, 1.82) is 0 Å². The van der Waals surface area contributed by atoms with Gasteiger partial charge in [0, 0.05) is 6.54 Å². The molecule has 0 saturated carbocycles. The van der Waals surface area contributed by atoms with E-state index >= 15 is 0 Å². The van der Waals surface area contributed by atoms with Gasteiger partial charge in [-0.1, -0.05) is 12.1 Å². The zero-order chi connectivity index (χ0) is 15.5. The van der Waals surface area contributed by atoms with Crippen molar-refractivity contribution >= 4 is 10.0 Å². The second-order valence-corrected chi connectivity index (χ2v) is 6.79. The normalized spacial score (nSPS) is 20.4. The molecule has 1 saturated heterocycles. The highest BCUT2D eigenvalue weighted by molar-refractivity contribution is 7.89. The molecule has 21 heavy (non-hydrogen) atoms. The number of piperidine rings is 1. The minimum atomic E-state index is -4.70. The van der Waals surface area contributed by atoms with Crippen molar-refractivity contribution in [3.63, 3.8) is 0 Å². The Morgan fingerprint density at radius 2 is 2.00 bits per heavy atom. The molecule has 0 radical (unpaired) electrons. The maximum Gasteiger partial charge on any atom is 0.417 e. The molecule has 4 nitrogen and oxygen atoms in total. The lowest BCUT2D eigenvalue weighted by Gasteiger charge is -2.23. The van der Waals surface area contributed by atoms with E-state index in [0.717, 1.165) is 31.5 Å². The summed E-state index contributed by atoms with van der Waals surface area (Å²) in [5.74, 6) is 0.103. The van der Waals surface area contributed by atoms with Crippen LogP contribution in [0.25, 0.3) is 0 Å². The molecule has 1 unspecified atom stereocenters. The Morgan fingerprint density at radius 3 is 2.62 bits per heavy atom. The summed E-state index contributed by atoms with van der Waals surface area (Å²) < 4.78 is 65.1. The molecule has 0 spiro atoms. The van der Waals surface area contributed by atoms with Gasteiger partial charge in [0.05, 0.1) is 10.5 Å². The van der Waals surface area contributed by atoms with Gasteiger partial charge in [-0.3, -0.25) is 0 Å². The van der Waals surface area contributed by atoms with Crippen molar-refractivity contribution in [2.24, 2.45) is 5.92 Å². The van der Waals surface area contributed by atoms with E-state index < -0.39 is 26.7 Å². The molecule has 0 amide bonds. The van der Waals surface area contributed by atoms with Crippen molar-refractivity contribution in [2.45, 2.75) is 23.9 Å². The molecule has 1 aliphatic heterocycles. The summed E-state index contributed by atoms with van der Waals surface area (Å²) in [5.41, 5.74) is -1.14. The van der Waals surface area contributed by atoms with Crippen molar-refractivity contribution in [2.75, 3.05) is 19.6 Å². The summed E-state index contributed by atoms with van der Waals surface area (Å²) in [6, 6.07) is 4.21. The molecule has 0 aliphatic carbocycles. The van der Waals surface area contributed by atoms with Crippen molar-refractivity contribution < 1.29 is 21.6 Å². The van der Waals surface area contributed by atoms with Gasteiger partial charge in [0.1, 0.15) is 0 Å². The van der Waals surface area contributed by atoms with Crippen molar-refractivity contribution in [3.05, 3.63) is 29.8 Å². The predicted octanol–water partition coefficient (Wildman–Crippen LogP) is 1.98. The monoisotopic (exact) mass is 322 g/mol. The number of sulfonamides is 1. The van der Waals surface area contributed by atoms with E-state index in [9.17, 15) is 21.6 Å². The van der Waals surface area contributed by atoms with Crippen LogP contribution in [0.2, 0.25) is 0 Å². The summed E-state index contributed by atoms with van der Waals surface area (Å²) >= 11 is 0. The third-order valence-electron chi connectivity index (χ3n) is 3.44. The van der Waals surface area contributed by atoms with E-state index in [2.05, 4.69) is 10.0 Å². The van der Waals surface area contributed by atoms with Crippen LogP contribution in [-0.4, -0.2) is 28.1 Å². The van der Waals surface area contributed by atoms with E-state index in [-0.39, 0.29) is 12.5 Å². The number of nitrogens with one attached hydrogen (secondary N) is 2. The minimum absolute atomic E-state index is 0.103. The number of hydrogen-bond acceptors (Lipinski definition) is 3. The summed E-state index contributed by atoms with van der Waals surface area (Å²) in [5, 5.41) is 3.13. The Labute approximate surface area is 121 Å². The standard InChI is InChI=1S/C13H17F3N2O2S/c14-13(15,16)11-5-1-2-6-12(11)21(19,20)18-9-10-4-3-7-17-8-10/h1-2,5-6,10,17-18H,3-4,7-9H2. The molecule has 1 heterocycles. The molecule has 1 atom stereocenters. The predicted molar refractivity (Wildman–Crippen MR) is 72.2 cm³/mol. The van der Waals surface area contributed by atoms with Crippen molar-refractivity contribution in [3.8, 4) is 0 Å². The molecule has 1 aliphatic rings. The molecular formula is C13H17F3N2O2S. The van der Waals surface area contributed by atoms with Gasteiger partial charge in [-0.05, 0) is 44.0 Å².